The zero-order chi connectivity index (χ0) is 12.0. The van der Waals surface area contributed by atoms with Gasteiger partial charge >= 0.3 is 0 Å². The first-order valence-corrected chi connectivity index (χ1v) is 6.95. The van der Waals surface area contributed by atoms with Crippen LogP contribution in [-0.4, -0.2) is 12.3 Å². The van der Waals surface area contributed by atoms with Crippen molar-refractivity contribution in [3.8, 4) is 0 Å². The molecule has 0 fully saturated rings. The smallest absolute Gasteiger partial charge is 0.00719 e. The third kappa shape index (κ3) is 3.84. The Hall–Kier alpha value is -0.470. The highest BCUT2D eigenvalue weighted by molar-refractivity contribution is 7.99. The van der Waals surface area contributed by atoms with E-state index in [0.29, 0.717) is 5.92 Å². The first-order chi connectivity index (χ1) is 7.58. The van der Waals surface area contributed by atoms with E-state index in [4.69, 9.17) is 5.73 Å². The van der Waals surface area contributed by atoms with E-state index in [0.717, 1.165) is 12.3 Å². The van der Waals surface area contributed by atoms with Crippen molar-refractivity contribution in [2.75, 3.05) is 12.3 Å². The normalized spacial score (nSPS) is 15.1. The number of hydrogen-bond acceptors (Lipinski definition) is 2. The second-order valence-electron chi connectivity index (χ2n) is 4.92. The summed E-state index contributed by atoms with van der Waals surface area (Å²) in [5.41, 5.74) is 6.16. The molecule has 0 spiro atoms. The second-order valence-corrected chi connectivity index (χ2v) is 6.09. The van der Waals surface area contributed by atoms with Gasteiger partial charge in [-0.3, -0.25) is 0 Å². The lowest BCUT2D eigenvalue weighted by atomic mass is 9.77. The van der Waals surface area contributed by atoms with Crippen LogP contribution in [0.25, 0.3) is 0 Å². The lowest BCUT2D eigenvalue weighted by Gasteiger charge is -2.32. The molecule has 0 bridgehead atoms. The summed E-state index contributed by atoms with van der Waals surface area (Å²) >= 11 is 1.92. The summed E-state index contributed by atoms with van der Waals surface area (Å²) < 4.78 is 0. The number of benzene rings is 1. The summed E-state index contributed by atoms with van der Waals surface area (Å²) in [7, 11) is 0. The molecule has 2 heteroatoms. The summed E-state index contributed by atoms with van der Waals surface area (Å²) in [6.07, 6.45) is 1.18. The van der Waals surface area contributed by atoms with E-state index in [1.165, 1.54) is 11.3 Å². The molecule has 2 N–H and O–H groups in total. The zero-order valence-electron chi connectivity index (χ0n) is 10.6. The molecule has 1 unspecified atom stereocenters. The van der Waals surface area contributed by atoms with Crippen molar-refractivity contribution >= 4 is 11.8 Å². The SMILES string of the molecule is CC(C)C(C)(CN)CCSc1ccccc1. The Morgan fingerprint density at radius 2 is 1.88 bits per heavy atom. The fourth-order valence-corrected chi connectivity index (χ4v) is 2.70. The summed E-state index contributed by atoms with van der Waals surface area (Å²) in [5, 5.41) is 0. The van der Waals surface area contributed by atoms with Gasteiger partial charge in [-0.1, -0.05) is 39.0 Å². The Morgan fingerprint density at radius 1 is 1.25 bits per heavy atom. The maximum atomic E-state index is 5.88. The van der Waals surface area contributed by atoms with E-state index >= 15 is 0 Å². The summed E-state index contributed by atoms with van der Waals surface area (Å²) in [6.45, 7) is 7.60. The maximum absolute atomic E-state index is 5.88. The molecule has 0 aromatic heterocycles. The number of thioether (sulfide) groups is 1. The lowest BCUT2D eigenvalue weighted by molar-refractivity contribution is 0.222. The molecule has 1 nitrogen and oxygen atoms in total. The van der Waals surface area contributed by atoms with Crippen molar-refractivity contribution in [3.05, 3.63) is 30.3 Å². The van der Waals surface area contributed by atoms with Crippen molar-refractivity contribution in [2.24, 2.45) is 17.1 Å². The van der Waals surface area contributed by atoms with Gasteiger partial charge in [-0.05, 0) is 42.2 Å². The van der Waals surface area contributed by atoms with Gasteiger partial charge in [-0.2, -0.15) is 0 Å². The zero-order valence-corrected chi connectivity index (χ0v) is 11.4. The minimum absolute atomic E-state index is 0.280. The topological polar surface area (TPSA) is 26.0 Å². The molecule has 0 amide bonds. The van der Waals surface area contributed by atoms with Crippen LogP contribution >= 0.6 is 11.8 Å². The lowest BCUT2D eigenvalue weighted by Crippen LogP contribution is -2.33. The average Bonchev–Trinajstić information content (AvgIpc) is 2.30. The molecule has 0 saturated carbocycles. The van der Waals surface area contributed by atoms with Crippen molar-refractivity contribution in [2.45, 2.75) is 32.1 Å². The fraction of sp³-hybridized carbons (Fsp3) is 0.571. The van der Waals surface area contributed by atoms with Crippen LogP contribution in [0.15, 0.2) is 35.2 Å². The minimum atomic E-state index is 0.280. The molecule has 0 heterocycles. The highest BCUT2D eigenvalue weighted by atomic mass is 32.2. The van der Waals surface area contributed by atoms with Gasteiger partial charge in [0.25, 0.3) is 0 Å². The van der Waals surface area contributed by atoms with Crippen LogP contribution in [0.5, 0.6) is 0 Å². The molecule has 90 valence electrons. The van der Waals surface area contributed by atoms with Crippen LogP contribution in [0.1, 0.15) is 27.2 Å². The van der Waals surface area contributed by atoms with Crippen molar-refractivity contribution in [1.82, 2.24) is 0 Å². The number of nitrogens with two attached hydrogens (primary N) is 1. The van der Waals surface area contributed by atoms with Crippen molar-refractivity contribution in [1.29, 1.82) is 0 Å². The third-order valence-corrected chi connectivity index (χ3v) is 4.56. The predicted octanol–water partition coefficient (Wildman–Crippen LogP) is 3.79. The second kappa shape index (κ2) is 6.31. The predicted molar refractivity (Wildman–Crippen MR) is 73.8 cm³/mol. The van der Waals surface area contributed by atoms with E-state index in [2.05, 4.69) is 51.1 Å². The first-order valence-electron chi connectivity index (χ1n) is 5.96. The molecule has 1 atom stereocenters. The van der Waals surface area contributed by atoms with Crippen LogP contribution in [0.2, 0.25) is 0 Å². The van der Waals surface area contributed by atoms with Crippen LogP contribution in [0.3, 0.4) is 0 Å². The standard InChI is InChI=1S/C14H23NS/c1-12(2)14(3,11-15)9-10-16-13-7-5-4-6-8-13/h4-8,12H,9-11,15H2,1-3H3. The third-order valence-electron chi connectivity index (χ3n) is 3.55. The highest BCUT2D eigenvalue weighted by Crippen LogP contribution is 2.32. The van der Waals surface area contributed by atoms with E-state index in [1.54, 1.807) is 0 Å². The largest absolute Gasteiger partial charge is 0.330 e. The van der Waals surface area contributed by atoms with Crippen LogP contribution < -0.4 is 5.73 Å². The molecule has 1 aromatic carbocycles. The average molecular weight is 237 g/mol. The maximum Gasteiger partial charge on any atom is 0.00719 e. The van der Waals surface area contributed by atoms with Gasteiger partial charge in [0.15, 0.2) is 0 Å². The molecule has 1 rings (SSSR count). The summed E-state index contributed by atoms with van der Waals surface area (Å²) in [5.74, 6) is 1.80. The first kappa shape index (κ1) is 13.6. The van der Waals surface area contributed by atoms with Gasteiger partial charge < -0.3 is 5.73 Å². The molecular formula is C14H23NS. The Bertz CT molecular complexity index is 297. The fourth-order valence-electron chi connectivity index (χ4n) is 1.55. The van der Waals surface area contributed by atoms with Crippen LogP contribution in [0, 0.1) is 11.3 Å². The minimum Gasteiger partial charge on any atom is -0.330 e. The Kier molecular flexibility index (Phi) is 5.36. The van der Waals surface area contributed by atoms with Crippen LogP contribution in [-0.2, 0) is 0 Å². The Labute approximate surface area is 104 Å². The number of rotatable bonds is 6. The van der Waals surface area contributed by atoms with Gasteiger partial charge in [0.2, 0.25) is 0 Å². The summed E-state index contributed by atoms with van der Waals surface area (Å²) in [6, 6.07) is 10.6. The highest BCUT2D eigenvalue weighted by Gasteiger charge is 2.25. The van der Waals surface area contributed by atoms with Crippen LogP contribution in [0.4, 0.5) is 0 Å². The molecule has 0 aliphatic heterocycles. The summed E-state index contributed by atoms with van der Waals surface area (Å²) in [4.78, 5) is 1.35. The van der Waals surface area contributed by atoms with Gasteiger partial charge in [0.05, 0.1) is 0 Å². The van der Waals surface area contributed by atoms with Gasteiger partial charge in [-0.15, -0.1) is 11.8 Å². The van der Waals surface area contributed by atoms with E-state index in [9.17, 15) is 0 Å². The monoisotopic (exact) mass is 237 g/mol. The molecule has 0 radical (unpaired) electrons. The number of hydrogen-bond donors (Lipinski definition) is 1. The molecule has 1 aromatic rings. The molecule has 0 aliphatic rings. The molecule has 0 saturated heterocycles. The van der Waals surface area contributed by atoms with Gasteiger partial charge in [0, 0.05) is 4.90 Å². The van der Waals surface area contributed by atoms with E-state index in [-0.39, 0.29) is 5.41 Å². The van der Waals surface area contributed by atoms with Crippen molar-refractivity contribution in [3.63, 3.8) is 0 Å². The van der Waals surface area contributed by atoms with Crippen molar-refractivity contribution < 1.29 is 0 Å². The molecular weight excluding hydrogens is 214 g/mol. The Balaban J connectivity index is 2.40. The Morgan fingerprint density at radius 3 is 2.38 bits per heavy atom. The van der Waals surface area contributed by atoms with Gasteiger partial charge in [-0.25, -0.2) is 0 Å². The van der Waals surface area contributed by atoms with Gasteiger partial charge in [0.1, 0.15) is 0 Å². The molecule has 16 heavy (non-hydrogen) atoms. The van der Waals surface area contributed by atoms with E-state index < -0.39 is 0 Å². The van der Waals surface area contributed by atoms with E-state index in [1.807, 2.05) is 11.8 Å². The molecule has 0 aliphatic carbocycles. The quantitative estimate of drug-likeness (QED) is 0.762.